The Labute approximate surface area is 140 Å². The van der Waals surface area contributed by atoms with E-state index in [1.54, 1.807) is 13.0 Å². The Kier molecular flexibility index (Phi) is 6.17. The Balaban J connectivity index is 1.77. The van der Waals surface area contributed by atoms with Crippen LogP contribution in [0, 0.1) is 0 Å². The first kappa shape index (κ1) is 17.8. The molecule has 0 saturated carbocycles. The molecule has 24 heavy (non-hydrogen) atoms. The highest BCUT2D eigenvalue weighted by Gasteiger charge is 2.16. The third kappa shape index (κ3) is 4.97. The molecule has 0 fully saturated rings. The lowest BCUT2D eigenvalue weighted by Crippen LogP contribution is -2.35. The zero-order chi connectivity index (χ0) is 17.5. The van der Waals surface area contributed by atoms with E-state index in [0.29, 0.717) is 38.2 Å². The minimum Gasteiger partial charge on any atom is -0.494 e. The summed E-state index contributed by atoms with van der Waals surface area (Å²) in [6.45, 7) is 2.24. The number of aliphatic carboxylic acids is 1. The van der Waals surface area contributed by atoms with Gasteiger partial charge in [-0.15, -0.1) is 0 Å². The van der Waals surface area contributed by atoms with Gasteiger partial charge in [-0.2, -0.15) is 0 Å². The van der Waals surface area contributed by atoms with Crippen LogP contribution in [0.25, 0.3) is 0 Å². The molecule has 0 spiro atoms. The molecule has 2 rings (SSSR count). The molecule has 0 radical (unpaired) electrons. The predicted octanol–water partition coefficient (Wildman–Crippen LogP) is 1.66. The number of carboxylic acids is 1. The Hall–Kier alpha value is -2.57. The van der Waals surface area contributed by atoms with Gasteiger partial charge in [0.2, 0.25) is 11.8 Å². The van der Waals surface area contributed by atoms with Crippen LogP contribution in [0.3, 0.4) is 0 Å². The molecule has 7 nitrogen and oxygen atoms in total. The Bertz CT molecular complexity index is 629. The molecule has 0 atom stereocenters. The number of carbonyl (C=O) groups excluding carboxylic acids is 2. The topological polar surface area (TPSA) is 95.9 Å². The van der Waals surface area contributed by atoms with Crippen molar-refractivity contribution in [2.75, 3.05) is 25.0 Å². The number of anilines is 1. The minimum absolute atomic E-state index is 0.0246. The molecule has 0 bridgehead atoms. The van der Waals surface area contributed by atoms with Gasteiger partial charge in [0, 0.05) is 25.1 Å². The van der Waals surface area contributed by atoms with Crippen LogP contribution in [0.15, 0.2) is 18.2 Å². The fourth-order valence-electron chi connectivity index (χ4n) is 2.56. The molecule has 1 aromatic rings. The fraction of sp³-hybridized carbons (Fsp3) is 0.471. The number of benzene rings is 1. The van der Waals surface area contributed by atoms with Crippen LogP contribution in [-0.4, -0.2) is 47.5 Å². The maximum atomic E-state index is 11.9. The number of carboxylic acid groups (broad SMARTS) is 1. The molecular formula is C17H22N2O5. The van der Waals surface area contributed by atoms with Gasteiger partial charge in [-0.3, -0.25) is 14.4 Å². The maximum absolute atomic E-state index is 11.9. The molecule has 1 aliphatic rings. The van der Waals surface area contributed by atoms with Crippen molar-refractivity contribution in [2.45, 2.75) is 32.6 Å². The molecule has 1 aliphatic heterocycles. The number of aryl methyl sites for hydroxylation is 1. The highest BCUT2D eigenvalue weighted by Crippen LogP contribution is 2.26. The summed E-state index contributed by atoms with van der Waals surface area (Å²) in [5, 5.41) is 11.6. The first-order valence-corrected chi connectivity index (χ1v) is 8.04. The third-order valence-electron chi connectivity index (χ3n) is 3.84. The molecule has 1 heterocycles. The van der Waals surface area contributed by atoms with Crippen molar-refractivity contribution >= 4 is 23.5 Å². The van der Waals surface area contributed by atoms with Crippen molar-refractivity contribution in [1.29, 1.82) is 0 Å². The van der Waals surface area contributed by atoms with Gasteiger partial charge in [0.15, 0.2) is 0 Å². The number of nitrogens with one attached hydrogen (secondary N) is 1. The van der Waals surface area contributed by atoms with Crippen LogP contribution in [0.1, 0.15) is 31.7 Å². The number of rotatable bonds is 8. The zero-order valence-electron chi connectivity index (χ0n) is 13.7. The molecule has 0 aliphatic carbocycles. The normalized spacial score (nSPS) is 13.0. The van der Waals surface area contributed by atoms with E-state index in [1.807, 2.05) is 12.1 Å². The summed E-state index contributed by atoms with van der Waals surface area (Å²) in [6, 6.07) is 5.51. The third-order valence-corrected chi connectivity index (χ3v) is 3.84. The summed E-state index contributed by atoms with van der Waals surface area (Å²) >= 11 is 0. The molecule has 1 aromatic carbocycles. The Morgan fingerprint density at radius 3 is 2.83 bits per heavy atom. The number of carbonyl (C=O) groups is 3. The average molecular weight is 334 g/mol. The molecule has 2 N–H and O–H groups in total. The average Bonchev–Trinajstić information content (AvgIpc) is 2.56. The van der Waals surface area contributed by atoms with Crippen molar-refractivity contribution in [3.8, 4) is 5.75 Å². The van der Waals surface area contributed by atoms with Crippen molar-refractivity contribution in [2.24, 2.45) is 0 Å². The molecule has 130 valence electrons. The van der Waals surface area contributed by atoms with E-state index >= 15 is 0 Å². The van der Waals surface area contributed by atoms with Crippen LogP contribution >= 0.6 is 0 Å². The van der Waals surface area contributed by atoms with E-state index in [2.05, 4.69) is 5.32 Å². The maximum Gasteiger partial charge on any atom is 0.323 e. The molecule has 2 amide bonds. The fourth-order valence-corrected chi connectivity index (χ4v) is 2.56. The number of fused-ring (bicyclic) bond motifs is 1. The second-order valence-electron chi connectivity index (χ2n) is 5.62. The van der Waals surface area contributed by atoms with Crippen molar-refractivity contribution in [3.05, 3.63) is 23.8 Å². The monoisotopic (exact) mass is 334 g/mol. The van der Waals surface area contributed by atoms with E-state index < -0.39 is 5.97 Å². The SMILES string of the molecule is CCN(CC(=O)O)C(=O)CCCOc1ccc2c(c1)CCC(=O)N2. The number of nitrogens with zero attached hydrogens (tertiary/aromatic N) is 1. The molecule has 7 heteroatoms. The van der Waals surface area contributed by atoms with Crippen LogP contribution in [0.5, 0.6) is 5.75 Å². The van der Waals surface area contributed by atoms with Gasteiger partial charge in [-0.1, -0.05) is 0 Å². The largest absolute Gasteiger partial charge is 0.494 e. The van der Waals surface area contributed by atoms with Gasteiger partial charge in [0.25, 0.3) is 0 Å². The number of amides is 2. The van der Waals surface area contributed by atoms with Crippen LogP contribution in [-0.2, 0) is 20.8 Å². The number of likely N-dealkylation sites (N-methyl/N-ethyl adjacent to an activating group) is 1. The minimum atomic E-state index is -1.01. The standard InChI is InChI=1S/C17H22N2O5/c1-2-19(11-17(22)23)16(21)4-3-9-24-13-6-7-14-12(10-13)5-8-15(20)18-14/h6-7,10H,2-5,8-9,11H2,1H3,(H,18,20)(H,22,23). The summed E-state index contributed by atoms with van der Waals surface area (Å²) in [6.07, 6.45) is 1.93. The Morgan fingerprint density at radius 1 is 1.33 bits per heavy atom. The van der Waals surface area contributed by atoms with Crippen molar-refractivity contribution < 1.29 is 24.2 Å². The van der Waals surface area contributed by atoms with E-state index in [-0.39, 0.29) is 24.8 Å². The predicted molar refractivity (Wildman–Crippen MR) is 88.0 cm³/mol. The van der Waals surface area contributed by atoms with Crippen molar-refractivity contribution in [3.63, 3.8) is 0 Å². The summed E-state index contributed by atoms with van der Waals surface area (Å²) in [4.78, 5) is 35.2. The first-order valence-electron chi connectivity index (χ1n) is 8.04. The van der Waals surface area contributed by atoms with E-state index in [1.165, 1.54) is 4.90 Å². The summed E-state index contributed by atoms with van der Waals surface area (Å²) in [7, 11) is 0. The lowest BCUT2D eigenvalue weighted by molar-refractivity contribution is -0.144. The molecule has 0 unspecified atom stereocenters. The first-order chi connectivity index (χ1) is 11.5. The summed E-state index contributed by atoms with van der Waals surface area (Å²) in [5.41, 5.74) is 1.86. The highest BCUT2D eigenvalue weighted by atomic mass is 16.5. The molecular weight excluding hydrogens is 312 g/mol. The Morgan fingerprint density at radius 2 is 2.12 bits per heavy atom. The summed E-state index contributed by atoms with van der Waals surface area (Å²) in [5.74, 6) is -0.467. The quantitative estimate of drug-likeness (QED) is 0.705. The van der Waals surface area contributed by atoms with Crippen LogP contribution in [0.2, 0.25) is 0 Å². The lowest BCUT2D eigenvalue weighted by Gasteiger charge is -2.19. The van der Waals surface area contributed by atoms with Gasteiger partial charge >= 0.3 is 5.97 Å². The van der Waals surface area contributed by atoms with Gasteiger partial charge < -0.3 is 20.1 Å². The van der Waals surface area contributed by atoms with Crippen molar-refractivity contribution in [1.82, 2.24) is 4.90 Å². The summed E-state index contributed by atoms with van der Waals surface area (Å²) < 4.78 is 5.64. The van der Waals surface area contributed by atoms with Crippen LogP contribution < -0.4 is 10.1 Å². The van der Waals surface area contributed by atoms with Gasteiger partial charge in [0.1, 0.15) is 12.3 Å². The smallest absolute Gasteiger partial charge is 0.323 e. The van der Waals surface area contributed by atoms with Gasteiger partial charge in [-0.25, -0.2) is 0 Å². The second-order valence-corrected chi connectivity index (χ2v) is 5.62. The molecule has 0 aromatic heterocycles. The number of hydrogen-bond donors (Lipinski definition) is 2. The highest BCUT2D eigenvalue weighted by molar-refractivity contribution is 5.94. The number of hydrogen-bond acceptors (Lipinski definition) is 4. The second kappa shape index (κ2) is 8.33. The number of ether oxygens (including phenoxy) is 1. The van der Waals surface area contributed by atoms with E-state index in [4.69, 9.17) is 9.84 Å². The van der Waals surface area contributed by atoms with Crippen LogP contribution in [0.4, 0.5) is 5.69 Å². The molecule has 0 saturated heterocycles. The van der Waals surface area contributed by atoms with E-state index in [0.717, 1.165) is 11.3 Å². The zero-order valence-corrected chi connectivity index (χ0v) is 13.7. The lowest BCUT2D eigenvalue weighted by atomic mass is 10.0. The van der Waals surface area contributed by atoms with Gasteiger partial charge in [0.05, 0.1) is 6.61 Å². The van der Waals surface area contributed by atoms with E-state index in [9.17, 15) is 14.4 Å². The van der Waals surface area contributed by atoms with Gasteiger partial charge in [-0.05, 0) is 43.5 Å².